The lowest BCUT2D eigenvalue weighted by Crippen LogP contribution is -2.42. The molecule has 0 radical (unpaired) electrons. The van der Waals surface area contributed by atoms with Gasteiger partial charge < -0.3 is 4.90 Å². The van der Waals surface area contributed by atoms with Crippen LogP contribution in [0, 0.1) is 0 Å². The largest absolute Gasteiger partial charge is 0.342 e. The van der Waals surface area contributed by atoms with E-state index in [9.17, 15) is 9.59 Å². The molecule has 0 aliphatic carbocycles. The first-order valence-electron chi connectivity index (χ1n) is 5.77. The molecule has 0 atom stereocenters. The molecular formula is C11H18N2O2. The summed E-state index contributed by atoms with van der Waals surface area (Å²) in [6, 6.07) is 0. The second kappa shape index (κ2) is 4.75. The molecule has 0 spiro atoms. The summed E-state index contributed by atoms with van der Waals surface area (Å²) in [7, 11) is 0. The van der Waals surface area contributed by atoms with Crippen LogP contribution in [0.25, 0.3) is 0 Å². The Morgan fingerprint density at radius 1 is 1.07 bits per heavy atom. The molecule has 2 saturated heterocycles. The van der Waals surface area contributed by atoms with Gasteiger partial charge in [-0.2, -0.15) is 0 Å². The van der Waals surface area contributed by atoms with E-state index in [0.717, 1.165) is 39.0 Å². The molecule has 0 N–H and O–H groups in total. The molecule has 2 rings (SSSR count). The minimum Gasteiger partial charge on any atom is -0.342 e. The highest BCUT2D eigenvalue weighted by Gasteiger charge is 2.22. The van der Waals surface area contributed by atoms with Gasteiger partial charge in [-0.25, -0.2) is 0 Å². The number of rotatable bonds is 2. The van der Waals surface area contributed by atoms with Crippen molar-refractivity contribution in [2.45, 2.75) is 25.7 Å². The van der Waals surface area contributed by atoms with Crippen LogP contribution in [-0.2, 0) is 9.59 Å². The quantitative estimate of drug-likeness (QED) is 0.657. The molecular weight excluding hydrogens is 192 g/mol. The molecule has 0 aromatic carbocycles. The SMILES string of the molecule is O=C1CCN(CC(=O)N2CCCC2)CC1. The number of carbonyl (C=O) groups is 2. The van der Waals surface area contributed by atoms with Crippen LogP contribution < -0.4 is 0 Å². The first-order valence-corrected chi connectivity index (χ1v) is 5.77. The second-order valence-corrected chi connectivity index (χ2v) is 4.40. The molecule has 0 aromatic heterocycles. The molecule has 2 aliphatic rings. The second-order valence-electron chi connectivity index (χ2n) is 4.40. The van der Waals surface area contributed by atoms with Crippen molar-refractivity contribution in [2.24, 2.45) is 0 Å². The number of likely N-dealkylation sites (tertiary alicyclic amines) is 2. The van der Waals surface area contributed by atoms with Crippen LogP contribution in [0.15, 0.2) is 0 Å². The minimum atomic E-state index is 0.238. The van der Waals surface area contributed by atoms with Crippen molar-refractivity contribution in [1.29, 1.82) is 0 Å². The summed E-state index contributed by atoms with van der Waals surface area (Å²) in [5, 5.41) is 0. The zero-order valence-corrected chi connectivity index (χ0v) is 9.07. The number of nitrogens with zero attached hydrogens (tertiary/aromatic N) is 2. The molecule has 2 fully saturated rings. The van der Waals surface area contributed by atoms with Crippen molar-refractivity contribution in [3.8, 4) is 0 Å². The number of amides is 1. The van der Waals surface area contributed by atoms with E-state index >= 15 is 0 Å². The molecule has 84 valence electrons. The Hall–Kier alpha value is -0.900. The van der Waals surface area contributed by atoms with E-state index in [-0.39, 0.29) is 5.91 Å². The fourth-order valence-corrected chi connectivity index (χ4v) is 2.22. The monoisotopic (exact) mass is 210 g/mol. The summed E-state index contributed by atoms with van der Waals surface area (Å²) in [6.45, 7) is 3.88. The van der Waals surface area contributed by atoms with Crippen molar-refractivity contribution in [3.63, 3.8) is 0 Å². The predicted octanol–water partition coefficient (Wildman–Crippen LogP) is 0.274. The Morgan fingerprint density at radius 2 is 1.67 bits per heavy atom. The van der Waals surface area contributed by atoms with Gasteiger partial charge in [0.1, 0.15) is 5.78 Å². The first kappa shape index (κ1) is 10.6. The van der Waals surface area contributed by atoms with Crippen LogP contribution >= 0.6 is 0 Å². The van der Waals surface area contributed by atoms with Crippen LogP contribution in [0.2, 0.25) is 0 Å². The van der Waals surface area contributed by atoms with E-state index in [0.29, 0.717) is 25.2 Å². The highest BCUT2D eigenvalue weighted by atomic mass is 16.2. The number of piperidine rings is 1. The fourth-order valence-electron chi connectivity index (χ4n) is 2.22. The number of ketones is 1. The molecule has 0 aromatic rings. The van der Waals surface area contributed by atoms with Gasteiger partial charge in [0.05, 0.1) is 6.54 Å². The summed E-state index contributed by atoms with van der Waals surface area (Å²) in [5.41, 5.74) is 0. The Kier molecular flexibility index (Phi) is 3.36. The van der Waals surface area contributed by atoms with Gasteiger partial charge in [-0.3, -0.25) is 14.5 Å². The third-order valence-corrected chi connectivity index (χ3v) is 3.23. The number of hydrogen-bond donors (Lipinski definition) is 0. The molecule has 0 unspecified atom stereocenters. The smallest absolute Gasteiger partial charge is 0.236 e. The van der Waals surface area contributed by atoms with Gasteiger partial charge >= 0.3 is 0 Å². The van der Waals surface area contributed by atoms with Gasteiger partial charge in [-0.15, -0.1) is 0 Å². The zero-order chi connectivity index (χ0) is 10.7. The van der Waals surface area contributed by atoms with Gasteiger partial charge in [0, 0.05) is 39.0 Å². The van der Waals surface area contributed by atoms with Crippen LogP contribution in [0.1, 0.15) is 25.7 Å². The van der Waals surface area contributed by atoms with E-state index < -0.39 is 0 Å². The average Bonchev–Trinajstić information content (AvgIpc) is 2.74. The molecule has 2 heterocycles. The molecule has 2 aliphatic heterocycles. The summed E-state index contributed by atoms with van der Waals surface area (Å²) in [5.74, 6) is 0.571. The minimum absolute atomic E-state index is 0.238. The topological polar surface area (TPSA) is 40.6 Å². The van der Waals surface area contributed by atoms with Gasteiger partial charge in [0.15, 0.2) is 0 Å². The highest BCUT2D eigenvalue weighted by Crippen LogP contribution is 2.10. The average molecular weight is 210 g/mol. The van der Waals surface area contributed by atoms with Crippen molar-refractivity contribution in [1.82, 2.24) is 9.80 Å². The van der Waals surface area contributed by atoms with Crippen LogP contribution in [-0.4, -0.2) is 54.2 Å². The van der Waals surface area contributed by atoms with E-state index in [4.69, 9.17) is 0 Å². The van der Waals surface area contributed by atoms with Crippen LogP contribution in [0.4, 0.5) is 0 Å². The standard InChI is InChI=1S/C11H18N2O2/c14-10-3-7-12(8-4-10)9-11(15)13-5-1-2-6-13/h1-9H2. The fraction of sp³-hybridized carbons (Fsp3) is 0.818. The Bertz CT molecular complexity index is 249. The predicted molar refractivity (Wildman–Crippen MR) is 56.5 cm³/mol. The maximum Gasteiger partial charge on any atom is 0.236 e. The molecule has 15 heavy (non-hydrogen) atoms. The van der Waals surface area contributed by atoms with Gasteiger partial charge in [0.2, 0.25) is 5.91 Å². The lowest BCUT2D eigenvalue weighted by molar-refractivity contribution is -0.133. The summed E-state index contributed by atoms with van der Waals surface area (Å²) >= 11 is 0. The lowest BCUT2D eigenvalue weighted by Gasteiger charge is -2.27. The highest BCUT2D eigenvalue weighted by molar-refractivity contribution is 5.81. The Balaban J connectivity index is 1.76. The number of Topliss-reactive ketones (excluding diaryl/α,β-unsaturated/α-hetero) is 1. The first-order chi connectivity index (χ1) is 7.25. The number of carbonyl (C=O) groups excluding carboxylic acids is 2. The van der Waals surface area contributed by atoms with E-state index in [2.05, 4.69) is 4.90 Å². The lowest BCUT2D eigenvalue weighted by atomic mass is 10.1. The molecule has 0 bridgehead atoms. The van der Waals surface area contributed by atoms with Crippen molar-refractivity contribution in [2.75, 3.05) is 32.7 Å². The molecule has 4 nitrogen and oxygen atoms in total. The van der Waals surface area contributed by atoms with Crippen molar-refractivity contribution >= 4 is 11.7 Å². The summed E-state index contributed by atoms with van der Waals surface area (Å²) in [4.78, 5) is 26.9. The van der Waals surface area contributed by atoms with E-state index in [1.54, 1.807) is 0 Å². The maximum atomic E-state index is 11.8. The van der Waals surface area contributed by atoms with Crippen molar-refractivity contribution in [3.05, 3.63) is 0 Å². The summed E-state index contributed by atoms with van der Waals surface area (Å²) in [6.07, 6.45) is 3.52. The molecule has 0 saturated carbocycles. The summed E-state index contributed by atoms with van der Waals surface area (Å²) < 4.78 is 0. The normalized spacial score (nSPS) is 23.5. The number of hydrogen-bond acceptors (Lipinski definition) is 3. The van der Waals surface area contributed by atoms with Gasteiger partial charge in [-0.05, 0) is 12.8 Å². The maximum absolute atomic E-state index is 11.8. The molecule has 1 amide bonds. The van der Waals surface area contributed by atoms with Gasteiger partial charge in [0.25, 0.3) is 0 Å². The Morgan fingerprint density at radius 3 is 2.27 bits per heavy atom. The van der Waals surface area contributed by atoms with Crippen molar-refractivity contribution < 1.29 is 9.59 Å². The zero-order valence-electron chi connectivity index (χ0n) is 9.07. The third kappa shape index (κ3) is 2.78. The van der Waals surface area contributed by atoms with Crippen LogP contribution in [0.3, 0.4) is 0 Å². The van der Waals surface area contributed by atoms with Crippen LogP contribution in [0.5, 0.6) is 0 Å². The third-order valence-electron chi connectivity index (χ3n) is 3.23. The van der Waals surface area contributed by atoms with Gasteiger partial charge in [-0.1, -0.05) is 0 Å². The van der Waals surface area contributed by atoms with E-state index in [1.807, 2.05) is 4.90 Å². The Labute approximate surface area is 90.2 Å². The van der Waals surface area contributed by atoms with E-state index in [1.165, 1.54) is 0 Å². The molecule has 4 heteroatoms.